The van der Waals surface area contributed by atoms with Crippen molar-refractivity contribution in [1.82, 2.24) is 40.0 Å². The van der Waals surface area contributed by atoms with Crippen molar-refractivity contribution in [2.24, 2.45) is 17.6 Å². The number of imidazole rings is 1. The van der Waals surface area contributed by atoms with Gasteiger partial charge in [0, 0.05) is 97.8 Å². The van der Waals surface area contributed by atoms with Gasteiger partial charge in [-0.15, -0.1) is 23.4 Å². The molecule has 3 aliphatic rings. The number of primary amides is 1. The Hall–Kier alpha value is -9.75. The quantitative estimate of drug-likeness (QED) is 0.01000. The second kappa shape index (κ2) is 43.1. The van der Waals surface area contributed by atoms with Crippen LogP contribution in [-0.4, -0.2) is 208 Å². The normalized spacial score (nSPS) is 15.6. The molecule has 2 aliphatic heterocycles. The summed E-state index contributed by atoms with van der Waals surface area (Å²) in [6.45, 7) is 11.4. The van der Waals surface area contributed by atoms with E-state index in [1.165, 1.54) is 27.8 Å². The number of aryl methyl sites for hydroxylation is 2. The summed E-state index contributed by atoms with van der Waals surface area (Å²) in [6, 6.07) is 18.7. The lowest BCUT2D eigenvalue weighted by molar-refractivity contribution is -0.139. The number of alkyl halides is 1. The summed E-state index contributed by atoms with van der Waals surface area (Å²) in [6.07, 6.45) is 14.7. The highest BCUT2D eigenvalue weighted by Crippen LogP contribution is 2.55. The number of aliphatic hydroxyl groups is 1. The predicted octanol–water partition coefficient (Wildman–Crippen LogP) is 12.0. The Morgan fingerprint density at radius 2 is 1.54 bits per heavy atom. The number of nitrogens with one attached hydrogen (secondary N) is 5. The second-order valence-corrected chi connectivity index (χ2v) is 31.6. The number of phenolic OH excluding ortho intramolecular Hbond substituents is 1. The topological polar surface area (TPSA) is 374 Å². The molecule has 9 N–H and O–H groups in total. The fourth-order valence-electron chi connectivity index (χ4n) is 14.5. The number of urea groups is 1. The number of fused-ring (bicyclic) bond motifs is 4. The fraction of sp³-hybridized carbons (Fsp3) is 0.530. The molecule has 0 radical (unpaired) electrons. The number of thioether (sulfide) groups is 1. The maximum absolute atomic E-state index is 14.8. The van der Waals surface area contributed by atoms with Gasteiger partial charge in [-0.25, -0.2) is 24.2 Å². The maximum Gasteiger partial charge on any atom is 0.415 e. The van der Waals surface area contributed by atoms with E-state index < -0.39 is 65.3 Å². The van der Waals surface area contributed by atoms with E-state index in [2.05, 4.69) is 52.3 Å². The Bertz CT molecular complexity index is 4330. The van der Waals surface area contributed by atoms with Crippen LogP contribution in [0.2, 0.25) is 0 Å². The third kappa shape index (κ3) is 24.2. The van der Waals surface area contributed by atoms with Crippen LogP contribution in [0.1, 0.15) is 180 Å². The van der Waals surface area contributed by atoms with Crippen LogP contribution in [-0.2, 0) is 51.2 Å². The molecule has 2 unspecified atom stereocenters. The van der Waals surface area contributed by atoms with E-state index in [0.29, 0.717) is 57.1 Å². The Morgan fingerprint density at radius 1 is 0.781 bits per heavy atom. The van der Waals surface area contributed by atoms with Crippen LogP contribution < -0.4 is 42.0 Å². The minimum Gasteiger partial charge on any atom is -0.508 e. The molecule has 618 valence electrons. The summed E-state index contributed by atoms with van der Waals surface area (Å²) in [7, 11) is 1.50. The van der Waals surface area contributed by atoms with Crippen LogP contribution in [0.5, 0.6) is 11.5 Å². The van der Waals surface area contributed by atoms with Gasteiger partial charge in [-0.2, -0.15) is 0 Å². The monoisotopic (exact) mass is 1610 g/mol. The number of hydrogen-bond acceptors (Lipinski definition) is 19. The number of likely N-dealkylation sites (N-methyl/N-ethyl adjacent to an activating group) is 1. The number of anilines is 3. The van der Waals surface area contributed by atoms with E-state index in [4.69, 9.17) is 41.0 Å². The number of pyridine rings is 1. The number of alkyl carbamates (subject to hydrolysis) is 1. The Labute approximate surface area is 675 Å². The minimum absolute atomic E-state index is 0.000570. The molecule has 0 spiro atoms. The smallest absolute Gasteiger partial charge is 0.415 e. The lowest BCUT2D eigenvalue weighted by Crippen LogP contribution is -2.54. The summed E-state index contributed by atoms with van der Waals surface area (Å²) < 4.78 is 30.2. The molecule has 4 heterocycles. The summed E-state index contributed by atoms with van der Waals surface area (Å²) in [5, 5.41) is 34.5. The van der Waals surface area contributed by atoms with E-state index in [9.17, 15) is 58.2 Å². The van der Waals surface area contributed by atoms with Gasteiger partial charge in [0.15, 0.2) is 0 Å². The number of aliphatic hydroxyl groups excluding tert-OH is 1. The molecule has 5 atom stereocenters. The summed E-state index contributed by atoms with van der Waals surface area (Å²) in [4.78, 5) is 146. The number of likely N-dealkylation sites (tertiary alicyclic amines) is 1. The number of phenols is 1. The number of carbonyl (C=O) groups is 10. The van der Waals surface area contributed by atoms with E-state index >= 15 is 0 Å². The van der Waals surface area contributed by atoms with Gasteiger partial charge in [-0.05, 0) is 140 Å². The molecule has 2 aromatic heterocycles. The second-order valence-electron chi connectivity index (χ2n) is 29.7. The SMILES string of the molecule is CCCCCCCc1cc(C(=O)Nc2ccc3nc(C(=O)N4C[C@@H](CCl)c5c4cc(OC(=O)N(CCOCCO)CCN(C)C(=O)OCc4ccc(NC(=O)[C@H](CCCNC(N)=O)NC(=O)[C@@H](NC(=O)OCCOCCN6C(=O)CC(SC(CCC)(CCCC)C7CC7)C6=O)C(C)C)cc4)c4cccc(C)c54)cn3c2)ccc1O. The number of imide groups is 1. The lowest BCUT2D eigenvalue weighted by Gasteiger charge is -2.35. The van der Waals surface area contributed by atoms with Crippen molar-refractivity contribution < 1.29 is 81.8 Å². The number of nitrogens with zero attached hydrogens (tertiary/aromatic N) is 6. The number of benzene rings is 4. The molecule has 9 rings (SSSR count). The van der Waals surface area contributed by atoms with Gasteiger partial charge in [0.2, 0.25) is 23.6 Å². The van der Waals surface area contributed by atoms with Crippen LogP contribution in [0, 0.1) is 18.8 Å². The molecule has 6 aromatic rings. The lowest BCUT2D eigenvalue weighted by atomic mass is 9.91. The molecule has 1 saturated carbocycles. The molecule has 2 fully saturated rings. The number of aromatic hydroxyl groups is 1. The van der Waals surface area contributed by atoms with Crippen molar-refractivity contribution in [3.63, 3.8) is 0 Å². The number of aromatic nitrogens is 2. The molecule has 29 nitrogen and oxygen atoms in total. The molecule has 31 heteroatoms. The molecular formula is C83H111ClN12O17S. The van der Waals surface area contributed by atoms with Gasteiger partial charge in [-0.1, -0.05) is 110 Å². The number of rotatable bonds is 45. The van der Waals surface area contributed by atoms with Crippen molar-refractivity contribution in [3.8, 4) is 11.5 Å². The van der Waals surface area contributed by atoms with Crippen molar-refractivity contribution in [3.05, 3.63) is 125 Å². The first-order valence-corrected chi connectivity index (χ1v) is 41.2. The number of unbranched alkanes of at least 4 members (excludes halogenated alkanes) is 5. The third-order valence-corrected chi connectivity index (χ3v) is 23.0. The van der Waals surface area contributed by atoms with Crippen LogP contribution in [0.15, 0.2) is 91.3 Å². The van der Waals surface area contributed by atoms with Crippen molar-refractivity contribution >= 4 is 117 Å². The zero-order chi connectivity index (χ0) is 82.0. The van der Waals surface area contributed by atoms with Crippen molar-refractivity contribution in [1.29, 1.82) is 0 Å². The van der Waals surface area contributed by atoms with E-state index in [1.54, 1.807) is 102 Å². The Morgan fingerprint density at radius 3 is 2.25 bits per heavy atom. The standard InChI is InChI=1S/C83H111ClN12O17S/c1-8-11-13-14-15-19-56-45-57(24-30-66(56)98)74(100)88-61-29-31-69-89-64(51-94(69)50-61)77(103)96-49-58(48-84)72-65(96)46-67(62-20-16-18-54(6)71(62)72)113-82(108)93(37-40-109-42-39-97)36-35-92(7)81(107)112-52-55-22-27-60(28-23-55)87-75(101)63(21-17-34-86-79(85)105)90-76(102)73(53(4)5)91-80(106)111-44-43-110-41-38-95-70(99)47-68(78(95)104)114-83(32-10-3,33-12-9-2)59-25-26-59/h16,18,20,22-24,27-31,45-46,50-51,53,58-59,63,68,73,97-98H,8-15,17,19,21,25-26,32-44,47-49,52H2,1-7H3,(H,87,101)(H,88,100)(H,90,102)(H,91,106)(H3,85,86,105)/t58-,63+,68?,73+,83?/m1/s1. The van der Waals surface area contributed by atoms with E-state index in [0.717, 1.165) is 93.6 Å². The summed E-state index contributed by atoms with van der Waals surface area (Å²) in [5.41, 5.74) is 10.3. The predicted molar refractivity (Wildman–Crippen MR) is 436 cm³/mol. The fourth-order valence-corrected chi connectivity index (χ4v) is 16.8. The van der Waals surface area contributed by atoms with Gasteiger partial charge in [0.05, 0.1) is 56.2 Å². The number of ether oxygens (including phenoxy) is 5. The minimum atomic E-state index is -1.17. The number of amides is 11. The average Bonchev–Trinajstić information content (AvgIpc) is 1.56. The van der Waals surface area contributed by atoms with Gasteiger partial charge in [-0.3, -0.25) is 33.7 Å². The highest BCUT2D eigenvalue weighted by Gasteiger charge is 2.50. The third-order valence-electron chi connectivity index (χ3n) is 20.8. The van der Waals surface area contributed by atoms with Crippen LogP contribution in [0.25, 0.3) is 16.4 Å². The van der Waals surface area contributed by atoms with Crippen molar-refractivity contribution in [2.45, 2.75) is 179 Å². The molecule has 1 saturated heterocycles. The Balaban J connectivity index is 0.768. The van der Waals surface area contributed by atoms with Gasteiger partial charge >= 0.3 is 24.3 Å². The molecular weight excluding hydrogens is 1500 g/mol. The van der Waals surface area contributed by atoms with Crippen molar-refractivity contribution in [2.75, 3.05) is 107 Å². The average molecular weight is 1620 g/mol. The van der Waals surface area contributed by atoms with E-state index in [-0.39, 0.29) is 156 Å². The first-order valence-electron chi connectivity index (χ1n) is 39.8. The number of nitrogens with two attached hydrogens (primary N) is 1. The van der Waals surface area contributed by atoms with Crippen LogP contribution >= 0.6 is 23.4 Å². The zero-order valence-corrected chi connectivity index (χ0v) is 68.0. The molecule has 1 aliphatic carbocycles. The number of carbonyl (C=O) groups excluding carboxylic acids is 10. The highest BCUT2D eigenvalue weighted by molar-refractivity contribution is 8.02. The summed E-state index contributed by atoms with van der Waals surface area (Å²) >= 11 is 8.42. The number of hydrogen-bond donors (Lipinski definition) is 8. The first kappa shape index (κ1) is 88.2. The van der Waals surface area contributed by atoms with Crippen LogP contribution in [0.3, 0.4) is 0 Å². The van der Waals surface area contributed by atoms with Crippen LogP contribution in [0.4, 0.5) is 36.2 Å². The molecule has 0 bridgehead atoms. The molecule has 114 heavy (non-hydrogen) atoms. The number of halogens is 1. The highest BCUT2D eigenvalue weighted by atomic mass is 35.5. The van der Waals surface area contributed by atoms with E-state index in [1.807, 2.05) is 25.1 Å². The molecule has 11 amide bonds. The molecule has 4 aromatic carbocycles. The van der Waals surface area contributed by atoms with Gasteiger partial charge in [0.1, 0.15) is 48.1 Å². The first-order chi connectivity index (χ1) is 54.9. The largest absolute Gasteiger partial charge is 0.508 e. The maximum atomic E-state index is 14.8. The zero-order valence-electron chi connectivity index (χ0n) is 66.4. The summed E-state index contributed by atoms with van der Waals surface area (Å²) in [5.74, 6) is -2.31. The van der Waals surface area contributed by atoms with Gasteiger partial charge in [0.25, 0.3) is 11.8 Å². The Kier molecular flexibility index (Phi) is 33.4. The van der Waals surface area contributed by atoms with Gasteiger partial charge < -0.3 is 85.3 Å².